The van der Waals surface area contributed by atoms with Crippen LogP contribution in [0.5, 0.6) is 0 Å². The molecule has 0 atom stereocenters. The quantitative estimate of drug-likeness (QED) is 0.561. The van der Waals surface area contributed by atoms with Gasteiger partial charge in [0.2, 0.25) is 0 Å². The van der Waals surface area contributed by atoms with E-state index in [1.807, 2.05) is 41.5 Å². The van der Waals surface area contributed by atoms with E-state index in [-0.39, 0.29) is 10.3 Å². The average molecular weight is 180 g/mol. The van der Waals surface area contributed by atoms with Crippen LogP contribution in [0.4, 0.5) is 0 Å². The van der Waals surface area contributed by atoms with Crippen LogP contribution >= 0.6 is 7.72 Å². The Morgan fingerprint density at radius 1 is 0.727 bits per heavy atom. The van der Waals surface area contributed by atoms with E-state index in [4.69, 9.17) is 0 Å². The molecule has 0 rings (SSSR count). The SMILES string of the molecule is CC(C)(C)[PH](O)(O)C(C)(C)C. The molecule has 0 aliphatic heterocycles. The van der Waals surface area contributed by atoms with Crippen LogP contribution in [0.15, 0.2) is 0 Å². The van der Waals surface area contributed by atoms with Crippen molar-refractivity contribution in [3.63, 3.8) is 0 Å². The van der Waals surface area contributed by atoms with Crippen LogP contribution in [-0.4, -0.2) is 20.1 Å². The molecule has 2 N–H and O–H groups in total. The monoisotopic (exact) mass is 180 g/mol. The van der Waals surface area contributed by atoms with Crippen LogP contribution in [0.2, 0.25) is 0 Å². The zero-order valence-electron chi connectivity index (χ0n) is 8.39. The van der Waals surface area contributed by atoms with Gasteiger partial charge in [-0.1, -0.05) is 0 Å². The van der Waals surface area contributed by atoms with Crippen molar-refractivity contribution in [2.45, 2.75) is 51.9 Å². The minimum absolute atomic E-state index is 0.370. The van der Waals surface area contributed by atoms with Gasteiger partial charge in [0.1, 0.15) is 0 Å². The summed E-state index contributed by atoms with van der Waals surface area (Å²) in [5, 5.41) is -0.740. The second-order valence-corrected chi connectivity index (χ2v) is 9.52. The predicted octanol–water partition coefficient (Wildman–Crippen LogP) is 2.15. The molecule has 0 aromatic heterocycles. The second-order valence-electron chi connectivity index (χ2n) is 5.17. The van der Waals surface area contributed by atoms with Crippen molar-refractivity contribution in [2.75, 3.05) is 0 Å². The molecule has 0 saturated heterocycles. The molecule has 2 nitrogen and oxygen atoms in total. The molecular formula is C8H21O2P. The molecule has 0 heterocycles. The zero-order valence-corrected chi connectivity index (χ0v) is 9.39. The van der Waals surface area contributed by atoms with Gasteiger partial charge in [-0.3, -0.25) is 0 Å². The molecule has 0 saturated carbocycles. The summed E-state index contributed by atoms with van der Waals surface area (Å²) in [5.74, 6) is 0. The summed E-state index contributed by atoms with van der Waals surface area (Å²) in [6, 6.07) is 0. The molecule has 0 radical (unpaired) electrons. The van der Waals surface area contributed by atoms with Crippen LogP contribution < -0.4 is 0 Å². The van der Waals surface area contributed by atoms with Gasteiger partial charge in [-0.25, -0.2) is 0 Å². The Morgan fingerprint density at radius 2 is 0.909 bits per heavy atom. The van der Waals surface area contributed by atoms with Gasteiger partial charge in [0.25, 0.3) is 0 Å². The average Bonchev–Trinajstić information content (AvgIpc) is 1.58. The van der Waals surface area contributed by atoms with Crippen molar-refractivity contribution in [2.24, 2.45) is 0 Å². The fourth-order valence-corrected chi connectivity index (χ4v) is 3.38. The van der Waals surface area contributed by atoms with Gasteiger partial charge in [0.15, 0.2) is 0 Å². The third kappa shape index (κ3) is 2.14. The molecule has 0 aliphatic rings. The Labute approximate surface area is 70.1 Å². The van der Waals surface area contributed by atoms with Gasteiger partial charge in [-0.2, -0.15) is 0 Å². The predicted molar refractivity (Wildman–Crippen MR) is 52.3 cm³/mol. The van der Waals surface area contributed by atoms with Crippen molar-refractivity contribution < 1.29 is 9.79 Å². The van der Waals surface area contributed by atoms with E-state index in [1.54, 1.807) is 0 Å². The van der Waals surface area contributed by atoms with E-state index >= 15 is 0 Å². The fourth-order valence-electron chi connectivity index (χ4n) is 1.12. The van der Waals surface area contributed by atoms with Crippen LogP contribution in [0.25, 0.3) is 0 Å². The van der Waals surface area contributed by atoms with Gasteiger partial charge in [-0.05, 0) is 0 Å². The van der Waals surface area contributed by atoms with Gasteiger partial charge in [0.05, 0.1) is 0 Å². The van der Waals surface area contributed by atoms with Crippen molar-refractivity contribution in [1.82, 2.24) is 0 Å². The number of hydrogen-bond donors (Lipinski definition) is 2. The Morgan fingerprint density at radius 3 is 0.909 bits per heavy atom. The first-order valence-electron chi connectivity index (χ1n) is 3.95. The van der Waals surface area contributed by atoms with E-state index in [0.29, 0.717) is 0 Å². The topological polar surface area (TPSA) is 40.5 Å². The first-order valence-corrected chi connectivity index (χ1v) is 5.84. The molecule has 0 unspecified atom stereocenters. The van der Waals surface area contributed by atoms with Gasteiger partial charge in [0, 0.05) is 0 Å². The molecule has 0 aliphatic carbocycles. The summed E-state index contributed by atoms with van der Waals surface area (Å²) >= 11 is 0. The molecule has 0 aromatic carbocycles. The normalized spacial score (nSPS) is 16.7. The van der Waals surface area contributed by atoms with Crippen LogP contribution in [0.3, 0.4) is 0 Å². The molecule has 0 amide bonds. The fraction of sp³-hybridized carbons (Fsp3) is 1.00. The van der Waals surface area contributed by atoms with E-state index in [2.05, 4.69) is 0 Å². The third-order valence-corrected chi connectivity index (χ3v) is 6.27. The van der Waals surface area contributed by atoms with Crippen LogP contribution in [0.1, 0.15) is 41.5 Å². The summed E-state index contributed by atoms with van der Waals surface area (Å²) in [6.45, 7) is 11.3. The summed E-state index contributed by atoms with van der Waals surface area (Å²) in [5.41, 5.74) is 0. The molecule has 3 heteroatoms. The molecule has 0 bridgehead atoms. The number of hydrogen-bond acceptors (Lipinski definition) is 2. The van der Waals surface area contributed by atoms with Gasteiger partial charge >= 0.3 is 69.4 Å². The van der Waals surface area contributed by atoms with E-state index < -0.39 is 7.72 Å². The van der Waals surface area contributed by atoms with E-state index in [1.165, 1.54) is 0 Å². The minimum atomic E-state index is -3.11. The van der Waals surface area contributed by atoms with Crippen molar-refractivity contribution in [3.8, 4) is 0 Å². The molecule has 70 valence electrons. The second kappa shape index (κ2) is 2.69. The molecule has 0 fully saturated rings. The Hall–Kier alpha value is 0.350. The van der Waals surface area contributed by atoms with Gasteiger partial charge in [-0.15, -0.1) is 0 Å². The van der Waals surface area contributed by atoms with Crippen LogP contribution in [-0.2, 0) is 0 Å². The summed E-state index contributed by atoms with van der Waals surface area (Å²) in [6.07, 6.45) is 0. The maximum absolute atomic E-state index is 9.88. The van der Waals surface area contributed by atoms with Crippen molar-refractivity contribution >= 4 is 7.72 Å². The first-order chi connectivity index (χ1) is 4.50. The number of rotatable bonds is 0. The van der Waals surface area contributed by atoms with Crippen molar-refractivity contribution in [1.29, 1.82) is 0 Å². The standard InChI is InChI=1S/C8H21O2P/c1-7(2,3)11(9,10)8(4,5)6/h9-11H,1-6H3. The molecule has 0 aromatic rings. The maximum atomic E-state index is 9.88. The van der Waals surface area contributed by atoms with E-state index in [9.17, 15) is 9.79 Å². The molecule has 0 spiro atoms. The summed E-state index contributed by atoms with van der Waals surface area (Å²) in [4.78, 5) is 19.8. The van der Waals surface area contributed by atoms with Crippen molar-refractivity contribution in [3.05, 3.63) is 0 Å². The Balaban J connectivity index is 4.75. The Kier molecular flexibility index (Phi) is 2.77. The summed E-state index contributed by atoms with van der Waals surface area (Å²) < 4.78 is 0. The zero-order chi connectivity index (χ0) is 9.50. The molecular weight excluding hydrogens is 159 g/mol. The first kappa shape index (κ1) is 11.4. The van der Waals surface area contributed by atoms with Gasteiger partial charge < -0.3 is 0 Å². The van der Waals surface area contributed by atoms with E-state index in [0.717, 1.165) is 0 Å². The molecule has 11 heavy (non-hydrogen) atoms. The third-order valence-electron chi connectivity index (χ3n) is 2.09. The van der Waals surface area contributed by atoms with Crippen LogP contribution in [0, 0.1) is 0 Å². The summed E-state index contributed by atoms with van der Waals surface area (Å²) in [7, 11) is -3.11. The Bertz CT molecular complexity index is 123.